The predicted molar refractivity (Wildman–Crippen MR) is 31.8 cm³/mol. The van der Waals surface area contributed by atoms with Gasteiger partial charge >= 0.3 is 7.75 Å². The van der Waals surface area contributed by atoms with Gasteiger partial charge in [-0.25, -0.2) is 8.88 Å². The Morgan fingerprint density at radius 2 is 2.22 bits per heavy atom. The summed E-state index contributed by atoms with van der Waals surface area (Å²) >= 11 is 0. The molecule has 0 aromatic carbocycles. The van der Waals surface area contributed by atoms with Crippen LogP contribution in [0.25, 0.3) is 0 Å². The van der Waals surface area contributed by atoms with E-state index in [-0.39, 0.29) is 0 Å². The molecule has 0 heterocycles. The van der Waals surface area contributed by atoms with Crippen LogP contribution in [0, 0.1) is 4.91 Å². The number of nitrogens with zero attached hydrogens (tertiary/aromatic N) is 1. The zero-order chi connectivity index (χ0) is 7.49. The van der Waals surface area contributed by atoms with Crippen molar-refractivity contribution < 1.29 is 18.7 Å². The molecule has 0 aromatic rings. The lowest BCUT2D eigenvalue weighted by atomic mass is 12.0. The van der Waals surface area contributed by atoms with Crippen LogP contribution in [0.5, 0.6) is 0 Å². The molecule has 0 spiro atoms. The van der Waals surface area contributed by atoms with Crippen LogP contribution in [0.3, 0.4) is 0 Å². The molecule has 0 rings (SSSR count). The van der Waals surface area contributed by atoms with E-state index in [1.165, 1.54) is 0 Å². The molecule has 0 aliphatic rings. The fourth-order valence-electron chi connectivity index (χ4n) is 0.169. The van der Waals surface area contributed by atoms with Gasteiger partial charge in [0.2, 0.25) is 0 Å². The molecular weight excluding hydrogens is 168 g/mol. The third-order valence-electron chi connectivity index (χ3n) is 0.328. The van der Waals surface area contributed by atoms with Crippen LogP contribution in [0.15, 0.2) is 4.95 Å². The standard InChI is InChI=1S/CH5NO5P2/c1-8(4)7-9(5,6)2-3/h4H,1H3,(H,5,6). The number of hydrogen-bond donors (Lipinski definition) is 2. The van der Waals surface area contributed by atoms with Crippen molar-refractivity contribution in [1.29, 1.82) is 0 Å². The molecule has 6 nitrogen and oxygen atoms in total. The van der Waals surface area contributed by atoms with Crippen molar-refractivity contribution in [1.82, 2.24) is 0 Å². The van der Waals surface area contributed by atoms with Gasteiger partial charge in [0.1, 0.15) is 0 Å². The van der Waals surface area contributed by atoms with Crippen molar-refractivity contribution in [3.8, 4) is 0 Å². The van der Waals surface area contributed by atoms with E-state index < -0.39 is 16.1 Å². The van der Waals surface area contributed by atoms with Crippen LogP contribution in [-0.4, -0.2) is 16.5 Å². The minimum absolute atomic E-state index is 1.16. The Hall–Kier alpha value is 0.140. The smallest absolute Gasteiger partial charge is 0.350 e. The zero-order valence-electron chi connectivity index (χ0n) is 4.46. The van der Waals surface area contributed by atoms with Crippen molar-refractivity contribution in [3.63, 3.8) is 0 Å². The van der Waals surface area contributed by atoms with Crippen molar-refractivity contribution in [2.24, 2.45) is 4.95 Å². The SMILES string of the molecule is CP(O)OP(=O)(O)N=O. The van der Waals surface area contributed by atoms with Crippen LogP contribution in [-0.2, 0) is 8.88 Å². The van der Waals surface area contributed by atoms with E-state index in [4.69, 9.17) is 9.79 Å². The molecule has 0 amide bonds. The first-order chi connectivity index (χ1) is 3.98. The van der Waals surface area contributed by atoms with Gasteiger partial charge < -0.3 is 9.79 Å². The summed E-state index contributed by atoms with van der Waals surface area (Å²) < 4.78 is 13.9. The third kappa shape index (κ3) is 4.63. The Balaban J connectivity index is 3.88. The average Bonchev–Trinajstić information content (AvgIpc) is 1.63. The molecule has 2 atom stereocenters. The lowest BCUT2D eigenvalue weighted by Crippen LogP contribution is -1.77. The highest BCUT2D eigenvalue weighted by Crippen LogP contribution is 2.53. The van der Waals surface area contributed by atoms with E-state index in [0.717, 1.165) is 6.66 Å². The normalized spacial score (nSPS) is 20.3. The molecule has 0 aromatic heterocycles. The Morgan fingerprint density at radius 3 is 2.33 bits per heavy atom. The first kappa shape index (κ1) is 9.14. The van der Waals surface area contributed by atoms with E-state index in [2.05, 4.69) is 4.31 Å². The molecule has 9 heavy (non-hydrogen) atoms. The van der Waals surface area contributed by atoms with E-state index in [9.17, 15) is 9.47 Å². The van der Waals surface area contributed by atoms with Crippen LogP contribution in [0.4, 0.5) is 0 Å². The molecule has 0 saturated heterocycles. The highest BCUT2D eigenvalue weighted by atomic mass is 31.2. The monoisotopic (exact) mass is 173 g/mol. The average molecular weight is 173 g/mol. The van der Waals surface area contributed by atoms with Gasteiger partial charge in [-0.05, 0) is 0 Å². The van der Waals surface area contributed by atoms with Crippen LogP contribution in [0.1, 0.15) is 0 Å². The molecule has 2 unspecified atom stereocenters. The van der Waals surface area contributed by atoms with Crippen LogP contribution in [0.2, 0.25) is 0 Å². The van der Waals surface area contributed by atoms with Gasteiger partial charge in [-0.2, -0.15) is 0 Å². The third-order valence-corrected chi connectivity index (χ3v) is 2.33. The van der Waals surface area contributed by atoms with Gasteiger partial charge in [-0.3, -0.25) is 0 Å². The highest BCUT2D eigenvalue weighted by molar-refractivity contribution is 7.62. The second-order valence-corrected chi connectivity index (χ2v) is 3.84. The molecule has 54 valence electrons. The maximum Gasteiger partial charge on any atom is 0.492 e. The van der Waals surface area contributed by atoms with Crippen LogP contribution >= 0.6 is 16.1 Å². The van der Waals surface area contributed by atoms with E-state index in [1.54, 1.807) is 4.95 Å². The summed E-state index contributed by atoms with van der Waals surface area (Å²) in [4.78, 5) is 27.7. The predicted octanol–water partition coefficient (Wildman–Crippen LogP) is 0.804. The van der Waals surface area contributed by atoms with E-state index >= 15 is 0 Å². The van der Waals surface area contributed by atoms with Gasteiger partial charge in [0.15, 0.2) is 8.38 Å². The molecule has 0 saturated carbocycles. The first-order valence-electron chi connectivity index (χ1n) is 1.78. The van der Waals surface area contributed by atoms with Gasteiger partial charge in [0.25, 0.3) is 0 Å². The first-order valence-corrected chi connectivity index (χ1v) is 4.97. The van der Waals surface area contributed by atoms with E-state index in [1.807, 2.05) is 0 Å². The van der Waals surface area contributed by atoms with Gasteiger partial charge in [-0.1, -0.05) is 0 Å². The van der Waals surface area contributed by atoms with Crippen molar-refractivity contribution in [2.45, 2.75) is 0 Å². The Kier molecular flexibility index (Phi) is 3.40. The summed E-state index contributed by atoms with van der Waals surface area (Å²) in [5.41, 5.74) is 0. The summed E-state index contributed by atoms with van der Waals surface area (Å²) in [7, 11) is -6.38. The quantitative estimate of drug-likeness (QED) is 0.486. The Labute approximate surface area is 52.3 Å². The topological polar surface area (TPSA) is 96.2 Å². The molecular formula is CH5NO5P2. The summed E-state index contributed by atoms with van der Waals surface area (Å²) in [6.07, 6.45) is 0. The molecule has 0 fully saturated rings. The minimum Gasteiger partial charge on any atom is -0.350 e. The Bertz CT molecular complexity index is 144. The second-order valence-electron chi connectivity index (χ2n) is 1.12. The molecule has 0 radical (unpaired) electrons. The summed E-state index contributed by atoms with van der Waals surface area (Å²) in [5.74, 6) is 0. The second kappa shape index (κ2) is 3.34. The molecule has 0 aliphatic heterocycles. The van der Waals surface area contributed by atoms with Crippen molar-refractivity contribution in [3.05, 3.63) is 4.91 Å². The lowest BCUT2D eigenvalue weighted by molar-refractivity contribution is 0.376. The van der Waals surface area contributed by atoms with Gasteiger partial charge in [0.05, 0.1) is 0 Å². The summed E-state index contributed by atoms with van der Waals surface area (Å²) in [5, 5.41) is 0. The minimum atomic E-state index is -4.38. The van der Waals surface area contributed by atoms with Crippen LogP contribution < -0.4 is 0 Å². The largest absolute Gasteiger partial charge is 0.492 e. The van der Waals surface area contributed by atoms with Crippen molar-refractivity contribution >= 4 is 16.1 Å². The highest BCUT2D eigenvalue weighted by Gasteiger charge is 2.22. The fourth-order valence-corrected chi connectivity index (χ4v) is 1.52. The van der Waals surface area contributed by atoms with E-state index in [0.29, 0.717) is 0 Å². The summed E-state index contributed by atoms with van der Waals surface area (Å²) in [6, 6.07) is 0. The maximum absolute atomic E-state index is 10.1. The molecule has 0 aliphatic carbocycles. The Morgan fingerprint density at radius 1 is 1.78 bits per heavy atom. The molecule has 2 N–H and O–H groups in total. The molecule has 8 heteroatoms. The number of hydrogen-bond acceptors (Lipinski definition) is 4. The fraction of sp³-hybridized carbons (Fsp3) is 1.00. The number of nitroso groups, excluding NO2 is 1. The maximum atomic E-state index is 10.1. The number of rotatable bonds is 3. The van der Waals surface area contributed by atoms with Crippen molar-refractivity contribution in [2.75, 3.05) is 6.66 Å². The molecule has 0 bridgehead atoms. The van der Waals surface area contributed by atoms with Gasteiger partial charge in [-0.15, -0.1) is 4.91 Å². The zero-order valence-corrected chi connectivity index (χ0v) is 6.25. The van der Waals surface area contributed by atoms with Gasteiger partial charge in [0, 0.05) is 11.6 Å². The lowest BCUT2D eigenvalue weighted by Gasteiger charge is -2.03. The summed E-state index contributed by atoms with van der Waals surface area (Å²) in [6.45, 7) is 1.16.